The fraction of sp³-hybridized carbons (Fsp3) is 0.342. The van der Waals surface area contributed by atoms with Gasteiger partial charge in [0.1, 0.15) is 5.82 Å². The molecule has 1 aromatic heterocycles. The molecule has 2 amide bonds. The Bertz CT molecular complexity index is 1920. The summed E-state index contributed by atoms with van der Waals surface area (Å²) in [7, 11) is 1.59. The zero-order valence-corrected chi connectivity index (χ0v) is 28.8. The molecular weight excluding hydrogens is 664 g/mol. The lowest BCUT2D eigenvalue weighted by molar-refractivity contribution is -0.120. The molecule has 2 atom stereocenters. The van der Waals surface area contributed by atoms with Crippen molar-refractivity contribution in [2.24, 2.45) is 0 Å². The Kier molecular flexibility index (Phi) is 9.87. The van der Waals surface area contributed by atoms with Gasteiger partial charge in [-0.15, -0.1) is 0 Å². The van der Waals surface area contributed by atoms with Crippen LogP contribution in [0.2, 0.25) is 10.0 Å². The normalized spacial score (nSPS) is 19.1. The van der Waals surface area contributed by atoms with Gasteiger partial charge in [-0.2, -0.15) is 0 Å². The van der Waals surface area contributed by atoms with Crippen molar-refractivity contribution in [3.05, 3.63) is 93.2 Å². The molecule has 3 aliphatic heterocycles. The van der Waals surface area contributed by atoms with Gasteiger partial charge in [0, 0.05) is 96.6 Å². The van der Waals surface area contributed by atoms with E-state index in [0.29, 0.717) is 94.0 Å². The van der Waals surface area contributed by atoms with E-state index in [1.807, 2.05) is 60.7 Å². The maximum atomic E-state index is 16.3. The van der Waals surface area contributed by atoms with Crippen molar-refractivity contribution in [3.63, 3.8) is 0 Å². The van der Waals surface area contributed by atoms with E-state index in [0.717, 1.165) is 36.9 Å². The highest BCUT2D eigenvalue weighted by Crippen LogP contribution is 2.43. The Morgan fingerprint density at radius 1 is 0.857 bits per heavy atom. The number of benzene rings is 3. The molecule has 3 aliphatic rings. The predicted molar refractivity (Wildman–Crippen MR) is 190 cm³/mol. The van der Waals surface area contributed by atoms with Crippen LogP contribution < -0.4 is 20.7 Å². The summed E-state index contributed by atoms with van der Waals surface area (Å²) >= 11 is 14.2. The molecule has 7 rings (SSSR count). The molecule has 0 radical (unpaired) electrons. The first-order valence-electron chi connectivity index (χ1n) is 16.7. The standard InChI is InChI=1S/C38H38Cl2FN5O3/c1-49-38-23(18-42-19-24-10-14-33(47)43-24)9-13-32(45-38)30-7-3-5-27(36(30)40)26-4-2-6-28(35(26)39)29-12-8-22-16-17-46(21-31(22)37(29)41)20-25-11-15-34(48)44-25/h2-9,12-13,24-25,42H,10-11,14-21H2,1H3,(H,43,47)(H,44,48)/t24-,25+/m0/s1. The average Bonchev–Trinajstić information content (AvgIpc) is 3.72. The first kappa shape index (κ1) is 33.5. The number of hydrogen-bond donors (Lipinski definition) is 3. The quantitative estimate of drug-likeness (QED) is 0.174. The van der Waals surface area contributed by atoms with Gasteiger partial charge in [0.25, 0.3) is 0 Å². The number of ether oxygens (including phenoxy) is 1. The van der Waals surface area contributed by atoms with Crippen molar-refractivity contribution >= 4 is 35.0 Å². The molecule has 8 nitrogen and oxygen atoms in total. The molecule has 4 aromatic rings. The molecule has 0 spiro atoms. The summed E-state index contributed by atoms with van der Waals surface area (Å²) in [5.41, 5.74) is 6.36. The highest BCUT2D eigenvalue weighted by molar-refractivity contribution is 6.39. The molecule has 2 saturated heterocycles. The van der Waals surface area contributed by atoms with Crippen molar-refractivity contribution in [2.45, 2.75) is 57.3 Å². The maximum absolute atomic E-state index is 16.3. The fourth-order valence-electron chi connectivity index (χ4n) is 7.17. The molecule has 3 N–H and O–H groups in total. The van der Waals surface area contributed by atoms with Crippen LogP contribution >= 0.6 is 23.2 Å². The minimum atomic E-state index is -0.268. The Morgan fingerprint density at radius 2 is 1.51 bits per heavy atom. The van der Waals surface area contributed by atoms with E-state index in [1.165, 1.54) is 0 Å². The molecule has 0 aliphatic carbocycles. The number of halogens is 3. The fourth-order valence-corrected chi connectivity index (χ4v) is 7.82. The lowest BCUT2D eigenvalue weighted by Gasteiger charge is -2.31. The second kappa shape index (κ2) is 14.5. The van der Waals surface area contributed by atoms with Crippen LogP contribution in [0.5, 0.6) is 5.88 Å². The highest BCUT2D eigenvalue weighted by Gasteiger charge is 2.28. The van der Waals surface area contributed by atoms with Gasteiger partial charge in [0.15, 0.2) is 0 Å². The van der Waals surface area contributed by atoms with Crippen LogP contribution in [0.3, 0.4) is 0 Å². The van der Waals surface area contributed by atoms with Crippen LogP contribution in [0.15, 0.2) is 60.7 Å². The van der Waals surface area contributed by atoms with Gasteiger partial charge in [0.2, 0.25) is 17.7 Å². The number of amides is 2. The summed E-state index contributed by atoms with van der Waals surface area (Å²) in [6.45, 7) is 3.22. The van der Waals surface area contributed by atoms with Gasteiger partial charge in [-0.1, -0.05) is 77.8 Å². The third kappa shape index (κ3) is 7.03. The first-order valence-corrected chi connectivity index (χ1v) is 17.5. The van der Waals surface area contributed by atoms with Crippen LogP contribution in [0.25, 0.3) is 33.5 Å². The van der Waals surface area contributed by atoms with E-state index < -0.39 is 0 Å². The third-order valence-corrected chi connectivity index (χ3v) is 10.6. The summed E-state index contributed by atoms with van der Waals surface area (Å²) < 4.78 is 22.0. The average molecular weight is 703 g/mol. The van der Waals surface area contributed by atoms with Gasteiger partial charge in [-0.05, 0) is 30.9 Å². The number of rotatable bonds is 10. The van der Waals surface area contributed by atoms with Crippen LogP contribution in [0.1, 0.15) is 42.4 Å². The molecule has 11 heteroatoms. The third-order valence-electron chi connectivity index (χ3n) is 9.76. The zero-order valence-electron chi connectivity index (χ0n) is 27.3. The summed E-state index contributed by atoms with van der Waals surface area (Å²) in [4.78, 5) is 30.2. The Balaban J connectivity index is 1.13. The Labute approximate surface area is 295 Å². The molecule has 49 heavy (non-hydrogen) atoms. The van der Waals surface area contributed by atoms with Crippen molar-refractivity contribution < 1.29 is 18.7 Å². The van der Waals surface area contributed by atoms with E-state index in [2.05, 4.69) is 20.9 Å². The maximum Gasteiger partial charge on any atom is 0.220 e. The summed E-state index contributed by atoms with van der Waals surface area (Å²) in [5.74, 6) is 0.391. The highest BCUT2D eigenvalue weighted by atomic mass is 35.5. The van der Waals surface area contributed by atoms with Crippen molar-refractivity contribution in [1.29, 1.82) is 0 Å². The smallest absolute Gasteiger partial charge is 0.220 e. The van der Waals surface area contributed by atoms with Crippen LogP contribution in [-0.2, 0) is 29.1 Å². The number of nitrogens with zero attached hydrogens (tertiary/aromatic N) is 2. The second-order valence-corrected chi connectivity index (χ2v) is 13.7. The number of fused-ring (bicyclic) bond motifs is 1. The van der Waals surface area contributed by atoms with Crippen molar-refractivity contribution in [1.82, 2.24) is 25.8 Å². The molecule has 2 fully saturated rings. The number of pyridine rings is 1. The second-order valence-electron chi connectivity index (χ2n) is 13.0. The molecule has 0 bridgehead atoms. The van der Waals surface area contributed by atoms with Gasteiger partial charge >= 0.3 is 0 Å². The number of carbonyl (C=O) groups excluding carboxylic acids is 2. The van der Waals surface area contributed by atoms with Crippen molar-refractivity contribution in [2.75, 3.05) is 26.7 Å². The molecule has 0 saturated carbocycles. The first-order chi connectivity index (χ1) is 23.8. The van der Waals surface area contributed by atoms with E-state index in [4.69, 9.17) is 32.9 Å². The molecule has 0 unspecified atom stereocenters. The molecule has 254 valence electrons. The number of hydrogen-bond acceptors (Lipinski definition) is 6. The summed E-state index contributed by atoms with van der Waals surface area (Å²) in [6, 6.07) is 19.2. The van der Waals surface area contributed by atoms with Crippen LogP contribution in [-0.4, -0.2) is 60.5 Å². The number of aromatic nitrogens is 1. The van der Waals surface area contributed by atoms with Crippen LogP contribution in [0.4, 0.5) is 4.39 Å². The summed E-state index contributed by atoms with van der Waals surface area (Å²) in [5, 5.41) is 10.3. The van der Waals surface area contributed by atoms with E-state index in [-0.39, 0.29) is 29.7 Å². The SMILES string of the molecule is COc1nc(-c2cccc(-c3cccc(-c4ccc5c(c4F)CN(C[C@H]4CCC(=O)N4)CC5)c3Cl)c2Cl)ccc1CNC[C@@H]1CCC(=O)N1. The van der Waals surface area contributed by atoms with Crippen molar-refractivity contribution in [3.8, 4) is 39.4 Å². The van der Waals surface area contributed by atoms with Gasteiger partial charge < -0.3 is 20.7 Å². The molecule has 3 aromatic carbocycles. The van der Waals surface area contributed by atoms with E-state index in [1.54, 1.807) is 7.11 Å². The number of carbonyl (C=O) groups is 2. The predicted octanol–water partition coefficient (Wildman–Crippen LogP) is 6.54. The topological polar surface area (TPSA) is 95.6 Å². The van der Waals surface area contributed by atoms with Gasteiger partial charge in [-0.3, -0.25) is 14.5 Å². The minimum absolute atomic E-state index is 0.0850. The lowest BCUT2D eigenvalue weighted by atomic mass is 9.92. The van der Waals surface area contributed by atoms with E-state index in [9.17, 15) is 9.59 Å². The summed E-state index contributed by atoms with van der Waals surface area (Å²) in [6.07, 6.45) is 3.50. The Morgan fingerprint density at radius 3 is 2.18 bits per heavy atom. The minimum Gasteiger partial charge on any atom is -0.481 e. The monoisotopic (exact) mass is 701 g/mol. The molecular formula is C38H38Cl2FN5O3. The zero-order chi connectivity index (χ0) is 34.1. The number of methoxy groups -OCH3 is 1. The Hall–Kier alpha value is -4.02. The van der Waals surface area contributed by atoms with Crippen LogP contribution in [0, 0.1) is 5.82 Å². The largest absolute Gasteiger partial charge is 0.481 e. The lowest BCUT2D eigenvalue weighted by Crippen LogP contribution is -2.41. The van der Waals surface area contributed by atoms with Gasteiger partial charge in [-0.25, -0.2) is 9.37 Å². The number of nitrogens with one attached hydrogen (secondary N) is 3. The van der Waals surface area contributed by atoms with Gasteiger partial charge in [0.05, 0.1) is 22.8 Å². The van der Waals surface area contributed by atoms with E-state index >= 15 is 4.39 Å². The molecule has 4 heterocycles.